The van der Waals surface area contributed by atoms with Gasteiger partial charge in [0.15, 0.2) is 0 Å². The molecule has 0 bridgehead atoms. The van der Waals surface area contributed by atoms with Crippen molar-refractivity contribution in [2.75, 3.05) is 0 Å². The number of imidazole rings is 1. The predicted molar refractivity (Wildman–Crippen MR) is 74.6 cm³/mol. The number of rotatable bonds is 1. The van der Waals surface area contributed by atoms with Crippen LogP contribution in [0.5, 0.6) is 0 Å². The van der Waals surface area contributed by atoms with Crippen LogP contribution in [0.4, 0.5) is 0 Å². The van der Waals surface area contributed by atoms with E-state index in [-0.39, 0.29) is 5.69 Å². The van der Waals surface area contributed by atoms with Crippen LogP contribution >= 0.6 is 0 Å². The third-order valence-electron chi connectivity index (χ3n) is 3.70. The first-order valence-corrected chi connectivity index (χ1v) is 6.30. The maximum Gasteiger partial charge on any atom is 0.330 e. The molecule has 0 spiro atoms. The molecular formula is C16H12N2O. The highest BCUT2D eigenvalue weighted by atomic mass is 16.1. The molecule has 3 nitrogen and oxygen atoms in total. The zero-order valence-corrected chi connectivity index (χ0v) is 10.3. The Morgan fingerprint density at radius 1 is 1.00 bits per heavy atom. The first-order valence-electron chi connectivity index (χ1n) is 6.30. The van der Waals surface area contributed by atoms with Gasteiger partial charge in [-0.2, -0.15) is 0 Å². The molecule has 0 aliphatic heterocycles. The molecule has 3 aromatic rings. The molecule has 0 radical (unpaired) electrons. The lowest BCUT2D eigenvalue weighted by Crippen LogP contribution is -2.14. The highest BCUT2D eigenvalue weighted by Crippen LogP contribution is 2.36. The monoisotopic (exact) mass is 248 g/mol. The van der Waals surface area contributed by atoms with Crippen molar-refractivity contribution in [3.8, 4) is 16.8 Å². The molecule has 0 fully saturated rings. The van der Waals surface area contributed by atoms with Gasteiger partial charge in [0.2, 0.25) is 0 Å². The zero-order chi connectivity index (χ0) is 12.8. The molecule has 0 saturated carbocycles. The number of H-pyrrole nitrogens is 1. The maximum atomic E-state index is 11.6. The van der Waals surface area contributed by atoms with Crippen molar-refractivity contribution in [1.82, 2.24) is 9.55 Å². The van der Waals surface area contributed by atoms with E-state index in [0.717, 1.165) is 12.1 Å². The van der Waals surface area contributed by atoms with Crippen LogP contribution in [0.3, 0.4) is 0 Å². The molecule has 0 saturated heterocycles. The van der Waals surface area contributed by atoms with E-state index in [4.69, 9.17) is 0 Å². The Morgan fingerprint density at radius 3 is 2.68 bits per heavy atom. The largest absolute Gasteiger partial charge is 0.330 e. The van der Waals surface area contributed by atoms with Crippen LogP contribution in [0.25, 0.3) is 16.8 Å². The van der Waals surface area contributed by atoms with Crippen molar-refractivity contribution in [2.24, 2.45) is 0 Å². The average Bonchev–Trinajstić information content (AvgIpc) is 3.01. The number of fused-ring (bicyclic) bond motifs is 3. The molecule has 1 N–H and O–H groups in total. The van der Waals surface area contributed by atoms with Crippen molar-refractivity contribution < 1.29 is 0 Å². The van der Waals surface area contributed by atoms with Gasteiger partial charge in [0.25, 0.3) is 0 Å². The van der Waals surface area contributed by atoms with Gasteiger partial charge in [0, 0.05) is 12.4 Å². The summed E-state index contributed by atoms with van der Waals surface area (Å²) in [5, 5.41) is 0. The van der Waals surface area contributed by atoms with E-state index >= 15 is 0 Å². The van der Waals surface area contributed by atoms with E-state index in [1.807, 2.05) is 6.07 Å². The highest BCUT2D eigenvalue weighted by Gasteiger charge is 2.18. The zero-order valence-electron chi connectivity index (χ0n) is 10.3. The van der Waals surface area contributed by atoms with Crippen molar-refractivity contribution in [3.63, 3.8) is 0 Å². The number of nitrogens with zero attached hydrogens (tertiary/aromatic N) is 1. The van der Waals surface area contributed by atoms with Crippen molar-refractivity contribution in [1.29, 1.82) is 0 Å². The lowest BCUT2D eigenvalue weighted by molar-refractivity contribution is 0.984. The van der Waals surface area contributed by atoms with Crippen LogP contribution in [0.1, 0.15) is 11.1 Å². The van der Waals surface area contributed by atoms with Gasteiger partial charge in [0.05, 0.1) is 5.69 Å². The van der Waals surface area contributed by atoms with Crippen LogP contribution in [0.2, 0.25) is 0 Å². The molecule has 3 heteroatoms. The van der Waals surface area contributed by atoms with Gasteiger partial charge in [-0.1, -0.05) is 30.3 Å². The van der Waals surface area contributed by atoms with Crippen LogP contribution in [0, 0.1) is 0 Å². The molecule has 1 aliphatic rings. The summed E-state index contributed by atoms with van der Waals surface area (Å²) in [5.74, 6) is 0. The molecule has 0 unspecified atom stereocenters. The van der Waals surface area contributed by atoms with Gasteiger partial charge < -0.3 is 4.98 Å². The fourth-order valence-corrected chi connectivity index (χ4v) is 2.81. The molecule has 1 aromatic heterocycles. The van der Waals surface area contributed by atoms with Crippen LogP contribution in [0.15, 0.2) is 59.7 Å². The normalized spacial score (nSPS) is 12.2. The van der Waals surface area contributed by atoms with Gasteiger partial charge in [-0.15, -0.1) is 0 Å². The Bertz CT molecular complexity index is 827. The van der Waals surface area contributed by atoms with Crippen molar-refractivity contribution in [2.45, 2.75) is 6.42 Å². The van der Waals surface area contributed by atoms with E-state index in [9.17, 15) is 4.79 Å². The number of benzene rings is 2. The van der Waals surface area contributed by atoms with Gasteiger partial charge in [0.1, 0.15) is 0 Å². The predicted octanol–water partition coefficient (Wildman–Crippen LogP) is 2.74. The maximum absolute atomic E-state index is 11.6. The summed E-state index contributed by atoms with van der Waals surface area (Å²) in [5.41, 5.74) is 6.05. The van der Waals surface area contributed by atoms with Gasteiger partial charge in [-0.05, 0) is 40.8 Å². The van der Waals surface area contributed by atoms with Gasteiger partial charge >= 0.3 is 5.69 Å². The summed E-state index contributed by atoms with van der Waals surface area (Å²) < 4.78 is 1.63. The van der Waals surface area contributed by atoms with Gasteiger partial charge in [-0.3, -0.25) is 4.57 Å². The first kappa shape index (κ1) is 10.4. The molecule has 1 aliphatic carbocycles. The Morgan fingerprint density at radius 2 is 1.84 bits per heavy atom. The molecule has 19 heavy (non-hydrogen) atoms. The van der Waals surface area contributed by atoms with E-state index in [0.29, 0.717) is 0 Å². The molecule has 2 aromatic carbocycles. The molecule has 92 valence electrons. The molecule has 0 atom stereocenters. The quantitative estimate of drug-likeness (QED) is 0.552. The number of aromatic nitrogens is 2. The lowest BCUT2D eigenvalue weighted by Gasteiger charge is -2.05. The minimum absolute atomic E-state index is 0.101. The number of aromatic amines is 1. The Labute approximate surface area is 110 Å². The molecule has 0 amide bonds. The second-order valence-electron chi connectivity index (χ2n) is 4.81. The number of hydrogen-bond acceptors (Lipinski definition) is 1. The van der Waals surface area contributed by atoms with Crippen LogP contribution in [-0.4, -0.2) is 9.55 Å². The standard InChI is InChI=1S/C16H12N2O/c19-16-17-7-8-18(16)13-5-6-15-12(10-13)9-11-3-1-2-4-14(11)15/h1-8,10H,9H2,(H,17,19). The topological polar surface area (TPSA) is 37.8 Å². The Kier molecular flexibility index (Phi) is 2.03. The van der Waals surface area contributed by atoms with Crippen LogP contribution in [-0.2, 0) is 6.42 Å². The molecule has 1 heterocycles. The smallest absolute Gasteiger partial charge is 0.312 e. The summed E-state index contributed by atoms with van der Waals surface area (Å²) in [6.45, 7) is 0. The highest BCUT2D eigenvalue weighted by molar-refractivity contribution is 5.77. The summed E-state index contributed by atoms with van der Waals surface area (Å²) >= 11 is 0. The van der Waals surface area contributed by atoms with E-state index in [1.54, 1.807) is 17.0 Å². The first-order chi connectivity index (χ1) is 9.33. The van der Waals surface area contributed by atoms with E-state index in [1.165, 1.54) is 22.3 Å². The average molecular weight is 248 g/mol. The fraction of sp³-hybridized carbons (Fsp3) is 0.0625. The Balaban J connectivity index is 1.89. The summed E-state index contributed by atoms with van der Waals surface area (Å²) in [7, 11) is 0. The number of nitrogens with one attached hydrogen (secondary N) is 1. The fourth-order valence-electron chi connectivity index (χ4n) is 2.81. The van der Waals surface area contributed by atoms with E-state index < -0.39 is 0 Å². The van der Waals surface area contributed by atoms with Crippen molar-refractivity contribution >= 4 is 0 Å². The molecular weight excluding hydrogens is 236 g/mol. The number of hydrogen-bond donors (Lipinski definition) is 1. The lowest BCUT2D eigenvalue weighted by atomic mass is 10.1. The third-order valence-corrected chi connectivity index (χ3v) is 3.70. The summed E-state index contributed by atoms with van der Waals surface area (Å²) in [6.07, 6.45) is 4.36. The molecule has 4 rings (SSSR count). The summed E-state index contributed by atoms with van der Waals surface area (Å²) in [6, 6.07) is 14.7. The van der Waals surface area contributed by atoms with Crippen molar-refractivity contribution in [3.05, 3.63) is 76.5 Å². The van der Waals surface area contributed by atoms with Gasteiger partial charge in [-0.25, -0.2) is 4.79 Å². The van der Waals surface area contributed by atoms with Crippen LogP contribution < -0.4 is 5.69 Å². The third kappa shape index (κ3) is 1.48. The minimum Gasteiger partial charge on any atom is -0.312 e. The Hall–Kier alpha value is -2.55. The summed E-state index contributed by atoms with van der Waals surface area (Å²) in [4.78, 5) is 14.3. The second-order valence-corrected chi connectivity index (χ2v) is 4.81. The SMILES string of the molecule is O=c1[nH]ccn1-c1ccc2c(c1)Cc1ccccc1-2. The van der Waals surface area contributed by atoms with E-state index in [2.05, 4.69) is 41.4 Å². The minimum atomic E-state index is -0.101. The second kappa shape index (κ2) is 3.72.